The number of nitrogens with one attached hydrogen (secondary N) is 2. The highest BCUT2D eigenvalue weighted by Crippen LogP contribution is 2.20. The van der Waals surface area contributed by atoms with Crippen molar-refractivity contribution in [3.63, 3.8) is 0 Å². The summed E-state index contributed by atoms with van der Waals surface area (Å²) in [6.07, 6.45) is 3.56. The molecule has 0 fully saturated rings. The molecule has 3 aromatic rings. The van der Waals surface area contributed by atoms with Crippen molar-refractivity contribution in [2.75, 3.05) is 6.54 Å². The number of H-pyrrole nitrogens is 1. The molecule has 3 rings (SSSR count). The minimum atomic E-state index is -0.0771. The van der Waals surface area contributed by atoms with E-state index in [2.05, 4.69) is 28.3 Å². The number of aryl methyl sites for hydroxylation is 2. The number of nitrogens with zero attached hydrogens (tertiary/aromatic N) is 2. The second-order valence-corrected chi connectivity index (χ2v) is 7.05. The Morgan fingerprint density at radius 1 is 1.22 bits per heavy atom. The van der Waals surface area contributed by atoms with E-state index in [0.29, 0.717) is 23.8 Å². The molecule has 0 unspecified atom stereocenters. The van der Waals surface area contributed by atoms with Crippen molar-refractivity contribution in [3.8, 4) is 0 Å². The molecule has 27 heavy (non-hydrogen) atoms. The van der Waals surface area contributed by atoms with E-state index < -0.39 is 0 Å². The smallest absolute Gasteiger partial charge is 0.253 e. The third-order valence-electron chi connectivity index (χ3n) is 4.59. The maximum Gasteiger partial charge on any atom is 0.253 e. The second-order valence-electron chi connectivity index (χ2n) is 6.66. The molecule has 0 radical (unpaired) electrons. The Balaban J connectivity index is 1.97. The molecule has 6 heteroatoms. The third kappa shape index (κ3) is 4.34. The van der Waals surface area contributed by atoms with Crippen molar-refractivity contribution in [2.45, 2.75) is 33.9 Å². The second kappa shape index (κ2) is 8.31. The monoisotopic (exact) mass is 380 g/mol. The van der Waals surface area contributed by atoms with Gasteiger partial charge < -0.3 is 15.2 Å². The minimum absolute atomic E-state index is 0.0771. The lowest BCUT2D eigenvalue weighted by molar-refractivity contribution is 0.398. The van der Waals surface area contributed by atoms with Gasteiger partial charge in [0.1, 0.15) is 0 Å². The molecule has 0 amide bonds. The van der Waals surface area contributed by atoms with Crippen LogP contribution in [0.2, 0.25) is 0 Å². The molecule has 0 atom stereocenters. The van der Waals surface area contributed by atoms with E-state index in [0.717, 1.165) is 34.1 Å². The van der Waals surface area contributed by atoms with Crippen molar-refractivity contribution < 1.29 is 0 Å². The Hall–Kier alpha value is -2.73. The molecule has 1 aromatic carbocycles. The van der Waals surface area contributed by atoms with E-state index in [1.807, 2.05) is 49.2 Å². The van der Waals surface area contributed by atoms with Crippen LogP contribution in [0.5, 0.6) is 0 Å². The highest BCUT2D eigenvalue weighted by Gasteiger charge is 2.14. The van der Waals surface area contributed by atoms with Gasteiger partial charge in [-0.3, -0.25) is 9.78 Å². The fourth-order valence-electron chi connectivity index (χ4n) is 3.12. The molecule has 2 heterocycles. The average Bonchev–Trinajstić information content (AvgIpc) is 2.66. The zero-order chi connectivity index (χ0) is 19.4. The summed E-state index contributed by atoms with van der Waals surface area (Å²) in [7, 11) is 0. The van der Waals surface area contributed by atoms with Gasteiger partial charge in [-0.1, -0.05) is 18.2 Å². The van der Waals surface area contributed by atoms with E-state index in [4.69, 9.17) is 12.2 Å². The first-order valence-electron chi connectivity index (χ1n) is 9.03. The number of rotatable bonds is 5. The summed E-state index contributed by atoms with van der Waals surface area (Å²) in [5, 5.41) is 4.88. The first-order chi connectivity index (χ1) is 13.0. The normalized spacial score (nSPS) is 10.8. The Bertz CT molecular complexity index is 1010. The van der Waals surface area contributed by atoms with Gasteiger partial charge in [0.15, 0.2) is 5.11 Å². The standard InChI is InChI=1S/C21H24N4OS/c1-4-23-21(27)25(12-16-6-5-9-22-11-16)13-17-10-18-14(2)7-8-15(3)19(18)24-20(17)26/h5-11H,4,12-13H2,1-3H3,(H,23,27)(H,24,26). The van der Waals surface area contributed by atoms with Crippen molar-refractivity contribution in [3.05, 3.63) is 75.3 Å². The number of fused-ring (bicyclic) bond motifs is 1. The lowest BCUT2D eigenvalue weighted by Gasteiger charge is -2.25. The van der Waals surface area contributed by atoms with Gasteiger partial charge in [0, 0.05) is 36.4 Å². The van der Waals surface area contributed by atoms with Gasteiger partial charge in [0.2, 0.25) is 0 Å². The van der Waals surface area contributed by atoms with Gasteiger partial charge in [-0.2, -0.15) is 0 Å². The number of hydrogen-bond donors (Lipinski definition) is 2. The molecule has 5 nitrogen and oxygen atoms in total. The third-order valence-corrected chi connectivity index (χ3v) is 5.00. The molecule has 2 aromatic heterocycles. The van der Waals surface area contributed by atoms with Crippen LogP contribution in [0.25, 0.3) is 10.9 Å². The van der Waals surface area contributed by atoms with Crippen molar-refractivity contribution in [2.24, 2.45) is 0 Å². The van der Waals surface area contributed by atoms with Crippen LogP contribution in [0.15, 0.2) is 47.5 Å². The van der Waals surface area contributed by atoms with E-state index in [-0.39, 0.29) is 5.56 Å². The molecule has 2 N–H and O–H groups in total. The molecule has 0 aliphatic rings. The molecule has 0 spiro atoms. The van der Waals surface area contributed by atoms with Crippen LogP contribution >= 0.6 is 12.2 Å². The Labute approximate surface area is 164 Å². The van der Waals surface area contributed by atoms with Crippen molar-refractivity contribution in [1.82, 2.24) is 20.2 Å². The van der Waals surface area contributed by atoms with Crippen LogP contribution in [-0.4, -0.2) is 26.5 Å². The van der Waals surface area contributed by atoms with E-state index in [1.165, 1.54) is 0 Å². The van der Waals surface area contributed by atoms with Crippen LogP contribution in [0, 0.1) is 13.8 Å². The largest absolute Gasteiger partial charge is 0.363 e. The van der Waals surface area contributed by atoms with E-state index in [9.17, 15) is 4.79 Å². The summed E-state index contributed by atoms with van der Waals surface area (Å²) in [4.78, 5) is 21.9. The lowest BCUT2D eigenvalue weighted by atomic mass is 10.0. The predicted octanol–water partition coefficient (Wildman–Crippen LogP) is 3.44. The van der Waals surface area contributed by atoms with Gasteiger partial charge in [0.05, 0.1) is 12.1 Å². The highest BCUT2D eigenvalue weighted by molar-refractivity contribution is 7.80. The molecule has 0 saturated carbocycles. The highest BCUT2D eigenvalue weighted by atomic mass is 32.1. The summed E-state index contributed by atoms with van der Waals surface area (Å²) in [5.41, 5.74) is 4.77. The summed E-state index contributed by atoms with van der Waals surface area (Å²) >= 11 is 5.54. The maximum absolute atomic E-state index is 12.7. The van der Waals surface area contributed by atoms with Gasteiger partial charge >= 0.3 is 0 Å². The average molecular weight is 381 g/mol. The van der Waals surface area contributed by atoms with Crippen LogP contribution in [0.1, 0.15) is 29.2 Å². The van der Waals surface area contributed by atoms with Crippen molar-refractivity contribution in [1.29, 1.82) is 0 Å². The summed E-state index contributed by atoms with van der Waals surface area (Å²) in [5.74, 6) is 0. The zero-order valence-electron chi connectivity index (χ0n) is 15.9. The van der Waals surface area contributed by atoms with Gasteiger partial charge in [-0.15, -0.1) is 0 Å². The Morgan fingerprint density at radius 3 is 2.70 bits per heavy atom. The van der Waals surface area contributed by atoms with Crippen molar-refractivity contribution >= 4 is 28.2 Å². The number of aromatic nitrogens is 2. The minimum Gasteiger partial charge on any atom is -0.363 e. The molecule has 140 valence electrons. The van der Waals surface area contributed by atoms with E-state index in [1.54, 1.807) is 6.20 Å². The quantitative estimate of drug-likeness (QED) is 0.664. The first kappa shape index (κ1) is 19.0. The summed E-state index contributed by atoms with van der Waals surface area (Å²) in [6, 6.07) is 10.0. The Kier molecular flexibility index (Phi) is 5.86. The molecular weight excluding hydrogens is 356 g/mol. The summed E-state index contributed by atoms with van der Waals surface area (Å²) < 4.78 is 0. The fraction of sp³-hybridized carbons (Fsp3) is 0.286. The lowest BCUT2D eigenvalue weighted by Crippen LogP contribution is -2.39. The van der Waals surface area contributed by atoms with Crippen LogP contribution in [0.3, 0.4) is 0 Å². The molecule has 0 saturated heterocycles. The molecule has 0 aliphatic carbocycles. The first-order valence-corrected chi connectivity index (χ1v) is 9.44. The van der Waals surface area contributed by atoms with Gasteiger partial charge in [-0.25, -0.2) is 0 Å². The maximum atomic E-state index is 12.7. The van der Waals surface area contributed by atoms with Crippen LogP contribution in [-0.2, 0) is 13.1 Å². The van der Waals surface area contributed by atoms with E-state index >= 15 is 0 Å². The molecule has 0 aliphatic heterocycles. The number of hydrogen-bond acceptors (Lipinski definition) is 3. The topological polar surface area (TPSA) is 61.0 Å². The SMILES string of the molecule is CCNC(=S)N(Cc1cccnc1)Cc1cc2c(C)ccc(C)c2[nH]c1=O. The zero-order valence-corrected chi connectivity index (χ0v) is 16.7. The number of pyridine rings is 2. The van der Waals surface area contributed by atoms with Crippen LogP contribution < -0.4 is 10.9 Å². The van der Waals surface area contributed by atoms with Crippen LogP contribution in [0.4, 0.5) is 0 Å². The predicted molar refractivity (Wildman–Crippen MR) is 114 cm³/mol. The fourth-order valence-corrected chi connectivity index (χ4v) is 3.39. The number of thiocarbonyl (C=S) groups is 1. The summed E-state index contributed by atoms with van der Waals surface area (Å²) in [6.45, 7) is 7.81. The van der Waals surface area contributed by atoms with Gasteiger partial charge in [-0.05, 0) is 61.8 Å². The molecule has 0 bridgehead atoms. The number of aromatic amines is 1. The Morgan fingerprint density at radius 2 is 2.00 bits per heavy atom. The van der Waals surface area contributed by atoms with Gasteiger partial charge in [0.25, 0.3) is 5.56 Å². The molecular formula is C21H24N4OS. The number of benzene rings is 1.